The summed E-state index contributed by atoms with van der Waals surface area (Å²) < 4.78 is 2.49. The van der Waals surface area contributed by atoms with Crippen LogP contribution in [0.1, 0.15) is 40.6 Å². The van der Waals surface area contributed by atoms with E-state index >= 15 is 0 Å². The van der Waals surface area contributed by atoms with Gasteiger partial charge in [0, 0.05) is 42.7 Å². The number of carbonyl (C=O) groups excluding carboxylic acids is 1. The average molecular weight is 345 g/mol. The van der Waals surface area contributed by atoms with E-state index in [4.69, 9.17) is 0 Å². The number of hydrogen-bond donors (Lipinski definition) is 2. The second-order valence-electron chi connectivity index (χ2n) is 7.25. The first-order chi connectivity index (χ1) is 12.8. The number of allylic oxidation sites excluding steroid dienone is 2. The van der Waals surface area contributed by atoms with Crippen LogP contribution in [0, 0.1) is 0 Å². The minimum atomic E-state index is 0.0806. The van der Waals surface area contributed by atoms with Crippen LogP contribution >= 0.6 is 0 Å². The highest BCUT2D eigenvalue weighted by atomic mass is 16.1. The molecule has 0 saturated heterocycles. The smallest absolute Gasteiger partial charge is 0.253 e. The van der Waals surface area contributed by atoms with Crippen LogP contribution in [0.5, 0.6) is 0 Å². The Balaban J connectivity index is 1.76. The van der Waals surface area contributed by atoms with Crippen LogP contribution in [0.25, 0.3) is 11.1 Å². The molecule has 2 N–H and O–H groups in total. The zero-order valence-corrected chi connectivity index (χ0v) is 14.8. The number of aromatic nitrogens is 1. The molecule has 1 aromatic carbocycles. The predicted octanol–water partition coefficient (Wildman–Crippen LogP) is 3.36. The third kappa shape index (κ3) is 2.32. The summed E-state index contributed by atoms with van der Waals surface area (Å²) in [4.78, 5) is 12.8. The van der Waals surface area contributed by atoms with E-state index < -0.39 is 0 Å². The molecule has 3 aliphatic heterocycles. The van der Waals surface area contributed by atoms with Crippen molar-refractivity contribution in [1.29, 1.82) is 0 Å². The molecule has 4 heterocycles. The molecule has 1 atom stereocenters. The molecule has 0 radical (unpaired) electrons. The van der Waals surface area contributed by atoms with Gasteiger partial charge in [0.2, 0.25) is 0 Å². The first-order valence-electron chi connectivity index (χ1n) is 9.54. The van der Waals surface area contributed by atoms with Crippen LogP contribution in [0.3, 0.4) is 0 Å². The number of nitrogens with one attached hydrogen (secondary N) is 2. The van der Waals surface area contributed by atoms with Gasteiger partial charge in [0.15, 0.2) is 0 Å². The Kier molecular flexibility index (Phi) is 3.70. The molecule has 0 aliphatic carbocycles. The summed E-state index contributed by atoms with van der Waals surface area (Å²) in [7, 11) is 0. The van der Waals surface area contributed by atoms with Gasteiger partial charge in [-0.25, -0.2) is 0 Å². The first-order valence-corrected chi connectivity index (χ1v) is 9.54. The fourth-order valence-electron chi connectivity index (χ4n) is 4.71. The zero-order chi connectivity index (χ0) is 17.5. The quantitative estimate of drug-likeness (QED) is 0.877. The van der Waals surface area contributed by atoms with E-state index in [0.717, 1.165) is 55.5 Å². The second-order valence-corrected chi connectivity index (χ2v) is 7.25. The summed E-state index contributed by atoms with van der Waals surface area (Å²) in [5.74, 6) is 0.0806. The van der Waals surface area contributed by atoms with Crippen LogP contribution in [0.15, 0.2) is 54.3 Å². The van der Waals surface area contributed by atoms with E-state index in [1.54, 1.807) is 0 Å². The van der Waals surface area contributed by atoms with E-state index in [1.165, 1.54) is 17.0 Å². The van der Waals surface area contributed by atoms with Gasteiger partial charge in [-0.3, -0.25) is 4.79 Å². The van der Waals surface area contributed by atoms with Crippen LogP contribution in [0.4, 0.5) is 0 Å². The van der Waals surface area contributed by atoms with E-state index in [-0.39, 0.29) is 5.91 Å². The fourth-order valence-corrected chi connectivity index (χ4v) is 4.71. The Bertz CT molecular complexity index is 921. The van der Waals surface area contributed by atoms with Crippen LogP contribution in [-0.2, 0) is 12.8 Å². The largest absolute Gasteiger partial charge is 0.387 e. The van der Waals surface area contributed by atoms with Crippen LogP contribution in [-0.4, -0.2) is 23.6 Å². The number of carbonyl (C=O) groups is 1. The van der Waals surface area contributed by atoms with Crippen molar-refractivity contribution in [2.75, 3.05) is 13.1 Å². The molecule has 5 rings (SSSR count). The average Bonchev–Trinajstić information content (AvgIpc) is 3.05. The number of dihydropyridines is 1. The fraction of sp³-hybridized carbons (Fsp3) is 0.318. The van der Waals surface area contributed by atoms with Crippen molar-refractivity contribution >= 4 is 5.91 Å². The number of hydrogen-bond acceptors (Lipinski definition) is 2. The normalized spacial score (nSPS) is 21.3. The van der Waals surface area contributed by atoms with Gasteiger partial charge in [0.1, 0.15) is 0 Å². The molecule has 1 aromatic heterocycles. The number of fused-ring (bicyclic) bond motifs is 3. The van der Waals surface area contributed by atoms with Crippen molar-refractivity contribution in [3.05, 3.63) is 71.2 Å². The molecule has 2 aromatic rings. The van der Waals surface area contributed by atoms with Gasteiger partial charge in [-0.15, -0.1) is 0 Å². The molecule has 0 fully saturated rings. The molecule has 4 heteroatoms. The van der Waals surface area contributed by atoms with Crippen molar-refractivity contribution in [3.63, 3.8) is 0 Å². The Morgan fingerprint density at radius 3 is 2.69 bits per heavy atom. The summed E-state index contributed by atoms with van der Waals surface area (Å²) in [6.07, 6.45) is 10.8. The molecule has 132 valence electrons. The Morgan fingerprint density at radius 2 is 1.88 bits per heavy atom. The monoisotopic (exact) mass is 345 g/mol. The van der Waals surface area contributed by atoms with Gasteiger partial charge < -0.3 is 15.2 Å². The maximum absolute atomic E-state index is 12.8. The molecule has 0 saturated carbocycles. The molecular formula is C22H23N3O. The minimum absolute atomic E-state index is 0.0806. The van der Waals surface area contributed by atoms with Crippen molar-refractivity contribution in [2.24, 2.45) is 0 Å². The number of nitrogens with zero attached hydrogens (tertiary/aromatic N) is 1. The van der Waals surface area contributed by atoms with Gasteiger partial charge in [0.05, 0.1) is 11.6 Å². The van der Waals surface area contributed by atoms with Crippen molar-refractivity contribution in [2.45, 2.75) is 31.7 Å². The maximum atomic E-state index is 12.8. The third-order valence-corrected chi connectivity index (χ3v) is 5.75. The van der Waals surface area contributed by atoms with Gasteiger partial charge in [-0.05, 0) is 30.4 Å². The molecule has 4 nitrogen and oxygen atoms in total. The summed E-state index contributed by atoms with van der Waals surface area (Å²) in [5, 5.41) is 6.41. The lowest BCUT2D eigenvalue weighted by Crippen LogP contribution is -2.33. The van der Waals surface area contributed by atoms with Crippen molar-refractivity contribution in [3.8, 4) is 11.1 Å². The molecule has 1 amide bonds. The van der Waals surface area contributed by atoms with Crippen LogP contribution in [0.2, 0.25) is 0 Å². The summed E-state index contributed by atoms with van der Waals surface area (Å²) >= 11 is 0. The molecule has 0 spiro atoms. The highest BCUT2D eigenvalue weighted by Gasteiger charge is 2.35. The molecular weight excluding hydrogens is 322 g/mol. The summed E-state index contributed by atoms with van der Waals surface area (Å²) in [6.45, 7) is 1.62. The van der Waals surface area contributed by atoms with Gasteiger partial charge in [0.25, 0.3) is 5.91 Å². The predicted molar refractivity (Wildman–Crippen MR) is 103 cm³/mol. The minimum Gasteiger partial charge on any atom is -0.387 e. The Morgan fingerprint density at radius 1 is 1.04 bits per heavy atom. The number of benzene rings is 1. The Labute approximate surface area is 153 Å². The van der Waals surface area contributed by atoms with E-state index in [9.17, 15) is 4.79 Å². The lowest BCUT2D eigenvalue weighted by molar-refractivity contribution is 0.0945. The van der Waals surface area contributed by atoms with Crippen molar-refractivity contribution in [1.82, 2.24) is 15.2 Å². The zero-order valence-electron chi connectivity index (χ0n) is 14.8. The molecule has 26 heavy (non-hydrogen) atoms. The Hall–Kier alpha value is -2.75. The maximum Gasteiger partial charge on any atom is 0.253 e. The summed E-state index contributed by atoms with van der Waals surface area (Å²) in [5.41, 5.74) is 7.07. The standard InChI is InChI=1S/C22H23N3O/c26-22-21-19(11-13-24-22)25-17(16-8-5-12-23-14-16)9-4-10-18(25)20(21)15-6-2-1-3-7-15/h1-3,5-8,14,17,23H,4,9-13H2,(H,24,26). The highest BCUT2D eigenvalue weighted by molar-refractivity contribution is 6.04. The van der Waals surface area contributed by atoms with E-state index in [2.05, 4.69) is 57.8 Å². The van der Waals surface area contributed by atoms with E-state index in [1.807, 2.05) is 6.07 Å². The molecule has 0 bridgehead atoms. The highest BCUT2D eigenvalue weighted by Crippen LogP contribution is 2.43. The topological polar surface area (TPSA) is 46.1 Å². The first kappa shape index (κ1) is 15.5. The van der Waals surface area contributed by atoms with E-state index in [0.29, 0.717) is 6.04 Å². The second kappa shape index (κ2) is 6.20. The number of rotatable bonds is 2. The summed E-state index contributed by atoms with van der Waals surface area (Å²) in [6, 6.07) is 10.7. The number of amides is 1. The third-order valence-electron chi connectivity index (χ3n) is 5.75. The SMILES string of the molecule is O=C1NCCc2c1c(-c1ccccc1)c1n2C(C2=CNCC=C2)CCC1. The van der Waals surface area contributed by atoms with Crippen LogP contribution < -0.4 is 10.6 Å². The van der Waals surface area contributed by atoms with Crippen molar-refractivity contribution < 1.29 is 4.79 Å². The van der Waals surface area contributed by atoms with Gasteiger partial charge in [-0.1, -0.05) is 42.5 Å². The van der Waals surface area contributed by atoms with Gasteiger partial charge in [-0.2, -0.15) is 0 Å². The van der Waals surface area contributed by atoms with Gasteiger partial charge >= 0.3 is 0 Å². The molecule has 1 unspecified atom stereocenters. The molecule has 3 aliphatic rings. The lowest BCUT2D eigenvalue weighted by Gasteiger charge is -2.31. The lowest BCUT2D eigenvalue weighted by atomic mass is 9.92.